The molecule has 0 radical (unpaired) electrons. The van der Waals surface area contributed by atoms with Crippen molar-refractivity contribution in [1.29, 1.82) is 0 Å². The number of carbonyl (C=O) groups is 3. The SMILES string of the molecule is COC(=O)[C@@H]1CC[C@H](O[Si](C)(C)C(C)(C)C)[C@H](C/C=C/C=O)N1C(=O)OCc1ccccc1. The predicted octanol–water partition coefficient (Wildman–Crippen LogP) is 4.86. The van der Waals surface area contributed by atoms with E-state index in [0.29, 0.717) is 25.5 Å². The molecule has 1 aromatic rings. The second-order valence-corrected chi connectivity index (χ2v) is 14.6. The number of aldehydes is 1. The fourth-order valence-corrected chi connectivity index (χ4v) is 5.10. The first-order valence-corrected chi connectivity index (χ1v) is 14.3. The average Bonchev–Trinajstić information content (AvgIpc) is 2.77. The minimum atomic E-state index is -2.16. The summed E-state index contributed by atoms with van der Waals surface area (Å²) < 4.78 is 17.3. The van der Waals surface area contributed by atoms with Crippen LogP contribution in [0.25, 0.3) is 0 Å². The summed E-state index contributed by atoms with van der Waals surface area (Å²) in [5.41, 5.74) is 0.851. The zero-order valence-electron chi connectivity index (χ0n) is 20.6. The molecule has 1 heterocycles. The van der Waals surface area contributed by atoms with Crippen molar-refractivity contribution in [3.63, 3.8) is 0 Å². The number of nitrogens with zero attached hydrogens (tertiary/aromatic N) is 1. The highest BCUT2D eigenvalue weighted by molar-refractivity contribution is 6.74. The number of amides is 1. The van der Waals surface area contributed by atoms with E-state index in [1.165, 1.54) is 18.1 Å². The normalized spacial score (nSPS) is 21.6. The Kier molecular flexibility index (Phi) is 9.42. The number of ether oxygens (including phenoxy) is 2. The lowest BCUT2D eigenvalue weighted by molar-refractivity contribution is -0.151. The first kappa shape index (κ1) is 26.8. The van der Waals surface area contributed by atoms with Crippen molar-refractivity contribution in [2.75, 3.05) is 7.11 Å². The molecule has 0 spiro atoms. The van der Waals surface area contributed by atoms with Crippen LogP contribution in [0.1, 0.15) is 45.6 Å². The van der Waals surface area contributed by atoms with Gasteiger partial charge in [0.2, 0.25) is 0 Å². The Hall–Kier alpha value is -2.45. The van der Waals surface area contributed by atoms with Crippen molar-refractivity contribution in [3.05, 3.63) is 48.0 Å². The summed E-state index contributed by atoms with van der Waals surface area (Å²) in [5, 5.41) is -0.0198. The molecular formula is C25H37NO6Si. The maximum Gasteiger partial charge on any atom is 0.411 e. The van der Waals surface area contributed by atoms with Crippen LogP contribution in [0.2, 0.25) is 18.1 Å². The molecule has 0 aromatic heterocycles. The first-order chi connectivity index (χ1) is 15.5. The van der Waals surface area contributed by atoms with Crippen LogP contribution in [0.3, 0.4) is 0 Å². The van der Waals surface area contributed by atoms with Gasteiger partial charge in [-0.1, -0.05) is 57.2 Å². The number of rotatable bonds is 8. The summed E-state index contributed by atoms with van der Waals surface area (Å²) in [5.74, 6) is -0.484. The van der Waals surface area contributed by atoms with Crippen LogP contribution in [-0.2, 0) is 30.1 Å². The van der Waals surface area contributed by atoms with E-state index >= 15 is 0 Å². The lowest BCUT2D eigenvalue weighted by atomic mass is 9.91. The standard InChI is InChI=1S/C25H37NO6Si/c1-25(2,3)33(5,6)32-22-16-15-21(23(28)30-4)26(20(22)14-10-11-17-27)24(29)31-18-19-12-8-7-9-13-19/h7-13,17,20-22H,14-16,18H2,1-6H3/b11-10+/t20-,21-,22-/m0/s1. The van der Waals surface area contributed by atoms with Gasteiger partial charge in [-0.2, -0.15) is 0 Å². The molecule has 1 aromatic carbocycles. The van der Waals surface area contributed by atoms with Crippen molar-refractivity contribution < 1.29 is 28.3 Å². The molecule has 0 N–H and O–H groups in total. The van der Waals surface area contributed by atoms with Crippen LogP contribution in [0.5, 0.6) is 0 Å². The minimum Gasteiger partial charge on any atom is -0.467 e. The van der Waals surface area contributed by atoms with E-state index < -0.39 is 32.5 Å². The number of esters is 1. The van der Waals surface area contributed by atoms with Gasteiger partial charge in [-0.3, -0.25) is 9.69 Å². The van der Waals surface area contributed by atoms with E-state index in [2.05, 4.69) is 33.9 Å². The second-order valence-electron chi connectivity index (χ2n) is 9.85. The van der Waals surface area contributed by atoms with E-state index in [1.54, 1.807) is 6.08 Å². The minimum absolute atomic E-state index is 0.0198. The summed E-state index contributed by atoms with van der Waals surface area (Å²) in [6.07, 6.45) is 4.31. The molecule has 2 rings (SSSR count). The fourth-order valence-electron chi connectivity index (χ4n) is 3.72. The average molecular weight is 476 g/mol. The molecule has 8 heteroatoms. The van der Waals surface area contributed by atoms with E-state index in [-0.39, 0.29) is 17.7 Å². The molecule has 1 amide bonds. The van der Waals surface area contributed by atoms with Crippen molar-refractivity contribution in [2.24, 2.45) is 0 Å². The van der Waals surface area contributed by atoms with Gasteiger partial charge in [-0.05, 0) is 49.0 Å². The zero-order chi connectivity index (χ0) is 24.6. The van der Waals surface area contributed by atoms with Crippen LogP contribution in [0.15, 0.2) is 42.5 Å². The van der Waals surface area contributed by atoms with Crippen molar-refractivity contribution in [3.8, 4) is 0 Å². The summed E-state index contributed by atoms with van der Waals surface area (Å²) >= 11 is 0. The van der Waals surface area contributed by atoms with Gasteiger partial charge in [-0.15, -0.1) is 0 Å². The quantitative estimate of drug-likeness (QED) is 0.231. The molecule has 182 valence electrons. The first-order valence-electron chi connectivity index (χ1n) is 11.4. The summed E-state index contributed by atoms with van der Waals surface area (Å²) in [6, 6.07) is 8.14. The van der Waals surface area contributed by atoms with Gasteiger partial charge in [0.15, 0.2) is 8.32 Å². The maximum absolute atomic E-state index is 13.3. The number of piperidine rings is 1. The van der Waals surface area contributed by atoms with Crippen LogP contribution < -0.4 is 0 Å². The van der Waals surface area contributed by atoms with Crippen LogP contribution in [-0.4, -0.2) is 56.9 Å². The largest absolute Gasteiger partial charge is 0.467 e. The number of likely N-dealkylation sites (tertiary alicyclic amines) is 1. The summed E-state index contributed by atoms with van der Waals surface area (Å²) in [4.78, 5) is 38.3. The molecule has 7 nitrogen and oxygen atoms in total. The Bertz CT molecular complexity index is 833. The molecule has 3 atom stereocenters. The van der Waals surface area contributed by atoms with Crippen molar-refractivity contribution in [1.82, 2.24) is 4.90 Å². The third-order valence-electron chi connectivity index (χ3n) is 6.58. The van der Waals surface area contributed by atoms with Gasteiger partial charge < -0.3 is 13.9 Å². The molecule has 1 fully saturated rings. The maximum atomic E-state index is 13.3. The Labute approximate surface area is 198 Å². The second kappa shape index (κ2) is 11.6. The van der Waals surface area contributed by atoms with Crippen LogP contribution in [0, 0.1) is 0 Å². The third kappa shape index (κ3) is 7.01. The number of benzene rings is 1. The van der Waals surface area contributed by atoms with E-state index in [9.17, 15) is 14.4 Å². The molecule has 0 aliphatic carbocycles. The lowest BCUT2D eigenvalue weighted by Gasteiger charge is -2.48. The molecular weight excluding hydrogens is 438 g/mol. The number of methoxy groups -OCH3 is 1. The molecule has 33 heavy (non-hydrogen) atoms. The predicted molar refractivity (Wildman–Crippen MR) is 129 cm³/mol. The number of hydrogen-bond donors (Lipinski definition) is 0. The topological polar surface area (TPSA) is 82.1 Å². The molecule has 1 aliphatic rings. The van der Waals surface area contributed by atoms with Gasteiger partial charge in [0.25, 0.3) is 0 Å². The molecule has 1 saturated heterocycles. The van der Waals surface area contributed by atoms with Gasteiger partial charge in [0.05, 0.1) is 19.3 Å². The van der Waals surface area contributed by atoms with E-state index in [4.69, 9.17) is 13.9 Å². The lowest BCUT2D eigenvalue weighted by Crippen LogP contribution is -2.61. The summed E-state index contributed by atoms with van der Waals surface area (Å²) in [7, 11) is -0.848. The Morgan fingerprint density at radius 1 is 1.15 bits per heavy atom. The van der Waals surface area contributed by atoms with Crippen LogP contribution in [0.4, 0.5) is 4.79 Å². The third-order valence-corrected chi connectivity index (χ3v) is 11.1. The van der Waals surface area contributed by atoms with Gasteiger partial charge in [-0.25, -0.2) is 9.59 Å². The van der Waals surface area contributed by atoms with Crippen molar-refractivity contribution in [2.45, 2.75) is 83.0 Å². The molecule has 1 aliphatic heterocycles. The fraction of sp³-hybridized carbons (Fsp3) is 0.560. The van der Waals surface area contributed by atoms with Gasteiger partial charge >= 0.3 is 12.1 Å². The van der Waals surface area contributed by atoms with Gasteiger partial charge in [0.1, 0.15) is 18.9 Å². The number of carbonyl (C=O) groups excluding carboxylic acids is 3. The smallest absolute Gasteiger partial charge is 0.411 e. The molecule has 0 saturated carbocycles. The number of allylic oxidation sites excluding steroid dienone is 1. The highest BCUT2D eigenvalue weighted by atomic mass is 28.4. The number of hydrogen-bond acceptors (Lipinski definition) is 6. The Morgan fingerprint density at radius 2 is 1.82 bits per heavy atom. The van der Waals surface area contributed by atoms with E-state index in [1.807, 2.05) is 30.3 Å². The summed E-state index contributed by atoms with van der Waals surface area (Å²) in [6.45, 7) is 10.9. The highest BCUT2D eigenvalue weighted by Crippen LogP contribution is 2.40. The molecule has 0 unspecified atom stereocenters. The Balaban J connectivity index is 2.36. The van der Waals surface area contributed by atoms with Crippen LogP contribution >= 0.6 is 0 Å². The zero-order valence-corrected chi connectivity index (χ0v) is 21.6. The molecule has 0 bridgehead atoms. The van der Waals surface area contributed by atoms with Gasteiger partial charge in [0, 0.05) is 0 Å². The highest BCUT2D eigenvalue weighted by Gasteiger charge is 2.48. The monoisotopic (exact) mass is 475 g/mol. The van der Waals surface area contributed by atoms with Crippen molar-refractivity contribution >= 4 is 26.7 Å². The Morgan fingerprint density at radius 3 is 2.39 bits per heavy atom. The van der Waals surface area contributed by atoms with E-state index in [0.717, 1.165) is 5.56 Å².